The maximum atomic E-state index is 8.89. The molecule has 0 aliphatic carbocycles. The van der Waals surface area contributed by atoms with Gasteiger partial charge in [0.05, 0.1) is 0 Å². The molecule has 0 amide bonds. The minimum absolute atomic E-state index is 0. The van der Waals surface area contributed by atoms with Crippen molar-refractivity contribution in [1.82, 2.24) is 0 Å². The van der Waals surface area contributed by atoms with Gasteiger partial charge in [0, 0.05) is 11.9 Å². The summed E-state index contributed by atoms with van der Waals surface area (Å²) in [4.78, 5) is 17.8. The minimum Gasteiger partial charge on any atom is -0.550 e. The van der Waals surface area contributed by atoms with E-state index in [0.29, 0.717) is 0 Å². The monoisotopic (exact) mass is 247 g/mol. The average molecular weight is 246 g/mol. The van der Waals surface area contributed by atoms with Crippen molar-refractivity contribution in [2.45, 2.75) is 13.8 Å². The van der Waals surface area contributed by atoms with Crippen molar-refractivity contribution in [3.63, 3.8) is 0 Å². The molecule has 65 valence electrons. The van der Waals surface area contributed by atoms with Crippen molar-refractivity contribution in [2.24, 2.45) is 0 Å². The van der Waals surface area contributed by atoms with Crippen LogP contribution in [0, 0.1) is 6.58 Å². The maximum Gasteiger partial charge on any atom is 3.00 e. The Morgan fingerprint density at radius 1 is 1.09 bits per heavy atom. The van der Waals surface area contributed by atoms with Crippen LogP contribution in [0.2, 0.25) is 0 Å². The van der Waals surface area contributed by atoms with Crippen molar-refractivity contribution < 1.29 is 39.3 Å². The molecule has 0 saturated carbocycles. The maximum absolute atomic E-state index is 8.89. The molecule has 1 radical (unpaired) electrons. The Balaban J connectivity index is -0.0000000339. The summed E-state index contributed by atoms with van der Waals surface area (Å²) in [5.74, 6) is -2.17. The summed E-state index contributed by atoms with van der Waals surface area (Å²) in [7, 11) is 0. The second-order valence-electron chi connectivity index (χ2n) is 0.983. The molecule has 0 aromatic carbocycles. The van der Waals surface area contributed by atoms with E-state index in [1.165, 1.54) is 0 Å². The van der Waals surface area contributed by atoms with E-state index < -0.39 is 11.9 Å². The Morgan fingerprint density at radius 2 is 1.09 bits per heavy atom. The summed E-state index contributed by atoms with van der Waals surface area (Å²) in [5.41, 5.74) is 0. The van der Waals surface area contributed by atoms with Crippen LogP contribution in [0.3, 0.4) is 0 Å². The van der Waals surface area contributed by atoms with Crippen molar-refractivity contribution in [1.29, 1.82) is 0 Å². The van der Waals surface area contributed by atoms with Crippen molar-refractivity contribution in [2.75, 3.05) is 0 Å². The van der Waals surface area contributed by atoms with Gasteiger partial charge < -0.3 is 26.4 Å². The first-order chi connectivity index (χ1) is 4.46. The molecular formula is C6H9O4Ru. The molecule has 0 atom stereocenters. The molecule has 0 aromatic rings. The van der Waals surface area contributed by atoms with Gasteiger partial charge in [-0.3, -0.25) is 6.58 Å². The van der Waals surface area contributed by atoms with Crippen LogP contribution in [0.25, 0.3) is 0 Å². The third kappa shape index (κ3) is 1020. The van der Waals surface area contributed by atoms with E-state index in [1.807, 2.05) is 0 Å². The van der Waals surface area contributed by atoms with E-state index in [-0.39, 0.29) is 19.5 Å². The molecular weight excluding hydrogens is 237 g/mol. The number of rotatable bonds is 0. The number of aliphatic carboxylic acids is 2. The van der Waals surface area contributed by atoms with E-state index in [1.54, 1.807) is 0 Å². The van der Waals surface area contributed by atoms with Crippen molar-refractivity contribution in [3.8, 4) is 0 Å². The summed E-state index contributed by atoms with van der Waals surface area (Å²) in [6.07, 6.45) is 0. The molecule has 0 bridgehead atoms. The molecule has 5 heteroatoms. The predicted octanol–water partition coefficient (Wildman–Crippen LogP) is -1.88. The van der Waals surface area contributed by atoms with Crippen LogP contribution < -0.4 is 10.2 Å². The van der Waals surface area contributed by atoms with Gasteiger partial charge in [0.25, 0.3) is 0 Å². The molecule has 0 N–H and O–H groups in total. The van der Waals surface area contributed by atoms with Gasteiger partial charge in [-0.25, -0.2) is 0 Å². The fourth-order valence-corrected chi connectivity index (χ4v) is 0. The molecule has 0 aromatic heterocycles. The fourth-order valence-electron chi connectivity index (χ4n) is 0. The third-order valence-corrected chi connectivity index (χ3v) is 0. The van der Waals surface area contributed by atoms with Crippen LogP contribution >= 0.6 is 0 Å². The van der Waals surface area contributed by atoms with E-state index in [2.05, 4.69) is 13.2 Å². The number of carboxylic acids is 2. The van der Waals surface area contributed by atoms with Gasteiger partial charge in [-0.1, -0.05) is 0 Å². The molecule has 11 heavy (non-hydrogen) atoms. The second-order valence-corrected chi connectivity index (χ2v) is 0.983. The van der Waals surface area contributed by atoms with Gasteiger partial charge >= 0.3 is 19.5 Å². The third-order valence-electron chi connectivity index (χ3n) is 0. The average Bonchev–Trinajstić information content (AvgIpc) is 1.66. The number of carboxylic acid groups (broad SMARTS) is 2. The quantitative estimate of drug-likeness (QED) is 0.370. The summed E-state index contributed by atoms with van der Waals surface area (Å²) in [5, 5.41) is 17.8. The summed E-state index contributed by atoms with van der Waals surface area (Å²) >= 11 is 0. The Kier molecular flexibility index (Phi) is 46.5. The number of hydrogen-bond acceptors (Lipinski definition) is 4. The summed E-state index contributed by atoms with van der Waals surface area (Å²) in [6.45, 7) is 8.94. The smallest absolute Gasteiger partial charge is 0.550 e. The first-order valence-corrected chi connectivity index (χ1v) is 2.22. The zero-order valence-electron chi connectivity index (χ0n) is 6.27. The first-order valence-electron chi connectivity index (χ1n) is 2.22. The number of hydrogen-bond donors (Lipinski definition) is 0. The van der Waals surface area contributed by atoms with Gasteiger partial charge in [-0.05, 0) is 13.8 Å². The Bertz CT molecular complexity index is 82.8. The van der Waals surface area contributed by atoms with Crippen LogP contribution in [-0.4, -0.2) is 11.9 Å². The van der Waals surface area contributed by atoms with E-state index in [0.717, 1.165) is 13.8 Å². The molecule has 0 saturated heterocycles. The molecule has 4 nitrogen and oxygen atoms in total. The molecule has 0 unspecified atom stereocenters. The standard InChI is InChI=1S/2C2H4O2.C2H3.Ru/c2*1-2(3)4;1-2;/h2*1H3,(H,3,4);1H,2H2;/q;;-1;+3/p-2. The van der Waals surface area contributed by atoms with Crippen LogP contribution in [-0.2, 0) is 29.1 Å². The zero-order valence-corrected chi connectivity index (χ0v) is 8.01. The van der Waals surface area contributed by atoms with Gasteiger partial charge in [0.1, 0.15) is 0 Å². The van der Waals surface area contributed by atoms with E-state index in [9.17, 15) is 0 Å². The van der Waals surface area contributed by atoms with Crippen LogP contribution in [0.4, 0.5) is 0 Å². The van der Waals surface area contributed by atoms with Crippen LogP contribution in [0.15, 0.2) is 6.58 Å². The summed E-state index contributed by atoms with van der Waals surface area (Å²) < 4.78 is 0. The Hall–Kier alpha value is -0.697. The first kappa shape index (κ1) is 22.4. The van der Waals surface area contributed by atoms with Gasteiger partial charge in [0.15, 0.2) is 0 Å². The predicted molar refractivity (Wildman–Crippen MR) is 31.3 cm³/mol. The molecule has 0 rings (SSSR count). The summed E-state index contributed by atoms with van der Waals surface area (Å²) in [6, 6.07) is 0. The number of carbonyl (C=O) groups excluding carboxylic acids is 2. The van der Waals surface area contributed by atoms with Crippen molar-refractivity contribution >= 4 is 11.9 Å². The minimum atomic E-state index is -1.08. The van der Waals surface area contributed by atoms with Crippen molar-refractivity contribution in [3.05, 3.63) is 13.2 Å². The topological polar surface area (TPSA) is 80.3 Å². The largest absolute Gasteiger partial charge is 3.00 e. The normalized spacial score (nSPS) is 4.91. The van der Waals surface area contributed by atoms with Crippen LogP contribution in [0.1, 0.15) is 13.8 Å². The zero-order chi connectivity index (χ0) is 9.15. The molecule has 0 aliphatic heterocycles. The molecule has 0 heterocycles. The Labute approximate surface area is 78.7 Å². The van der Waals surface area contributed by atoms with E-state index in [4.69, 9.17) is 19.8 Å². The fraction of sp³-hybridized carbons (Fsp3) is 0.333. The van der Waals surface area contributed by atoms with Gasteiger partial charge in [-0.15, -0.1) is 0 Å². The molecule has 0 spiro atoms. The molecule has 0 aliphatic rings. The number of carbonyl (C=O) groups is 2. The molecule has 0 fully saturated rings. The Morgan fingerprint density at radius 3 is 1.09 bits per heavy atom. The van der Waals surface area contributed by atoms with Crippen LogP contribution in [0.5, 0.6) is 0 Å². The van der Waals surface area contributed by atoms with Gasteiger partial charge in [0.2, 0.25) is 0 Å². The van der Waals surface area contributed by atoms with E-state index >= 15 is 0 Å². The van der Waals surface area contributed by atoms with Gasteiger partial charge in [-0.2, -0.15) is 0 Å². The second kappa shape index (κ2) is 22.8. The SMILES string of the molecule is CC(=O)[O-].CC(=O)[O-].[CH-]=C.[Ru+3].